The lowest BCUT2D eigenvalue weighted by Crippen LogP contribution is -2.18. The van der Waals surface area contributed by atoms with E-state index >= 15 is 0 Å². The molecule has 0 saturated heterocycles. The van der Waals surface area contributed by atoms with Gasteiger partial charge in [0.2, 0.25) is 0 Å². The molecule has 8 heteroatoms. The molecule has 0 spiro atoms. The molecule has 2 heterocycles. The number of aromatic nitrogens is 3. The van der Waals surface area contributed by atoms with Crippen molar-refractivity contribution in [3.63, 3.8) is 0 Å². The highest BCUT2D eigenvalue weighted by atomic mass is 79.9. The molecule has 0 bridgehead atoms. The number of para-hydroxylation sites is 1. The number of amides is 1. The summed E-state index contributed by atoms with van der Waals surface area (Å²) < 4.78 is 7.38. The topological polar surface area (TPSA) is 92.9 Å². The van der Waals surface area contributed by atoms with Crippen molar-refractivity contribution >= 4 is 38.4 Å². The van der Waals surface area contributed by atoms with E-state index in [1.165, 1.54) is 0 Å². The van der Waals surface area contributed by atoms with Crippen LogP contribution >= 0.6 is 15.9 Å². The molecule has 4 rings (SSSR count). The molecule has 0 unspecified atom stereocenters. The van der Waals surface area contributed by atoms with Gasteiger partial charge in [-0.15, -0.1) is 0 Å². The summed E-state index contributed by atoms with van der Waals surface area (Å²) in [6, 6.07) is 15.2. The summed E-state index contributed by atoms with van der Waals surface area (Å²) in [5.74, 6) is -0.669. The molecule has 0 atom stereocenters. The fourth-order valence-corrected chi connectivity index (χ4v) is 3.62. The highest BCUT2D eigenvalue weighted by Gasteiger charge is 2.19. The summed E-state index contributed by atoms with van der Waals surface area (Å²) in [4.78, 5) is 27.0. The molecule has 0 aliphatic carbocycles. The zero-order valence-electron chi connectivity index (χ0n) is 15.2. The summed E-state index contributed by atoms with van der Waals surface area (Å²) in [5.41, 5.74) is 2.61. The van der Waals surface area contributed by atoms with Gasteiger partial charge in [-0.2, -0.15) is 0 Å². The summed E-state index contributed by atoms with van der Waals surface area (Å²) in [5, 5.41) is 7.66. The summed E-state index contributed by atoms with van der Waals surface area (Å²) in [6.45, 7) is 4.07. The van der Waals surface area contributed by atoms with Gasteiger partial charge in [-0.1, -0.05) is 39.3 Å². The predicted octanol–water partition coefficient (Wildman–Crippen LogP) is 4.58. The number of anilines is 1. The Morgan fingerprint density at radius 1 is 1.21 bits per heavy atom. The Labute approximate surface area is 168 Å². The van der Waals surface area contributed by atoms with E-state index in [4.69, 9.17) is 0 Å². The van der Waals surface area contributed by atoms with Crippen LogP contribution in [0.25, 0.3) is 22.3 Å². The van der Waals surface area contributed by atoms with Crippen LogP contribution in [0.5, 0.6) is 0 Å². The molecule has 0 aliphatic rings. The predicted molar refractivity (Wildman–Crippen MR) is 111 cm³/mol. The van der Waals surface area contributed by atoms with Gasteiger partial charge in [0, 0.05) is 27.0 Å². The second kappa shape index (κ2) is 7.12. The lowest BCUT2D eigenvalue weighted by atomic mass is 10.1. The van der Waals surface area contributed by atoms with E-state index in [9.17, 15) is 9.59 Å². The van der Waals surface area contributed by atoms with Crippen LogP contribution in [0.15, 0.2) is 62.3 Å². The van der Waals surface area contributed by atoms with Gasteiger partial charge in [-0.3, -0.25) is 14.3 Å². The van der Waals surface area contributed by atoms with Crippen LogP contribution in [0.3, 0.4) is 0 Å². The first-order valence-electron chi connectivity index (χ1n) is 8.71. The van der Waals surface area contributed by atoms with E-state index in [2.05, 4.69) is 35.9 Å². The van der Waals surface area contributed by atoms with E-state index in [1.54, 1.807) is 18.2 Å². The Morgan fingerprint density at radius 2 is 2.00 bits per heavy atom. The van der Waals surface area contributed by atoms with E-state index in [-0.39, 0.29) is 17.8 Å². The number of halogens is 1. The van der Waals surface area contributed by atoms with Gasteiger partial charge < -0.3 is 9.88 Å². The molecule has 4 aromatic rings. The molecule has 0 aliphatic heterocycles. The normalized spacial score (nSPS) is 11.3. The van der Waals surface area contributed by atoms with E-state index in [0.717, 1.165) is 15.4 Å². The number of nitrogens with zero attached hydrogens (tertiary/aromatic N) is 2. The number of carbonyl (C=O) groups is 1. The lowest BCUT2D eigenvalue weighted by Gasteiger charge is -2.15. The van der Waals surface area contributed by atoms with Gasteiger partial charge in [0.1, 0.15) is 5.69 Å². The molecular formula is C20H17BrN4O3. The molecule has 2 aromatic heterocycles. The Balaban J connectivity index is 1.77. The molecule has 2 N–H and O–H groups in total. The number of nitrogens with one attached hydrogen (secondary N) is 2. The maximum atomic E-state index is 13.1. The van der Waals surface area contributed by atoms with Gasteiger partial charge in [0.25, 0.3) is 5.91 Å². The van der Waals surface area contributed by atoms with Crippen molar-refractivity contribution in [2.75, 3.05) is 5.32 Å². The molecule has 28 heavy (non-hydrogen) atoms. The third-order valence-corrected chi connectivity index (χ3v) is 4.92. The van der Waals surface area contributed by atoms with Gasteiger partial charge in [0.15, 0.2) is 5.82 Å². The van der Waals surface area contributed by atoms with Gasteiger partial charge in [-0.05, 0) is 44.2 Å². The number of hydrogen-bond donors (Lipinski definition) is 2. The van der Waals surface area contributed by atoms with Crippen molar-refractivity contribution in [1.82, 2.24) is 14.7 Å². The van der Waals surface area contributed by atoms with Crippen LogP contribution in [0.2, 0.25) is 0 Å². The quantitative estimate of drug-likeness (QED) is 0.485. The third-order valence-electron chi connectivity index (χ3n) is 4.42. The van der Waals surface area contributed by atoms with Crippen LogP contribution in [0.1, 0.15) is 30.4 Å². The largest absolute Gasteiger partial charge is 0.439 e. The fraction of sp³-hybridized carbons (Fsp3) is 0.150. The maximum Gasteiger partial charge on any atom is 0.439 e. The molecule has 0 radical (unpaired) electrons. The fourth-order valence-electron chi connectivity index (χ4n) is 3.26. The number of fused-ring (bicyclic) bond motifs is 1. The van der Waals surface area contributed by atoms with Crippen LogP contribution in [-0.4, -0.2) is 20.6 Å². The van der Waals surface area contributed by atoms with Crippen molar-refractivity contribution in [2.45, 2.75) is 19.9 Å². The van der Waals surface area contributed by atoms with Crippen LogP contribution < -0.4 is 11.1 Å². The first-order chi connectivity index (χ1) is 13.4. The zero-order chi connectivity index (χ0) is 19.8. The standard InChI is InChI=1S/C20H17BrN4O3/c1-11(2)25-16-6-4-3-5-12(16)9-17(25)19(26)22-15-8-7-13(21)10-14(15)18-23-20(27)28-24-18/h3-11H,1-2H3,(H,22,26)(H,23,24,27). The van der Waals surface area contributed by atoms with Crippen molar-refractivity contribution in [2.24, 2.45) is 0 Å². The third kappa shape index (κ3) is 3.27. The minimum absolute atomic E-state index is 0.108. The van der Waals surface area contributed by atoms with Crippen molar-refractivity contribution < 1.29 is 9.32 Å². The van der Waals surface area contributed by atoms with E-state index in [0.29, 0.717) is 16.9 Å². The summed E-state index contributed by atoms with van der Waals surface area (Å²) >= 11 is 3.40. The molecule has 0 fully saturated rings. The van der Waals surface area contributed by atoms with Gasteiger partial charge in [0.05, 0.1) is 5.69 Å². The number of carbonyl (C=O) groups excluding carboxylic acids is 1. The lowest BCUT2D eigenvalue weighted by molar-refractivity contribution is 0.101. The first kappa shape index (κ1) is 18.2. The van der Waals surface area contributed by atoms with Crippen molar-refractivity contribution in [1.29, 1.82) is 0 Å². The summed E-state index contributed by atoms with van der Waals surface area (Å²) in [7, 11) is 0. The van der Waals surface area contributed by atoms with Crippen LogP contribution in [0, 0.1) is 0 Å². The second-order valence-electron chi connectivity index (χ2n) is 6.64. The molecule has 7 nitrogen and oxygen atoms in total. The Hall–Kier alpha value is -3.13. The van der Waals surface area contributed by atoms with Crippen LogP contribution in [-0.2, 0) is 0 Å². The van der Waals surface area contributed by atoms with Gasteiger partial charge in [-0.25, -0.2) is 4.79 Å². The van der Waals surface area contributed by atoms with E-state index < -0.39 is 5.76 Å². The smallest absolute Gasteiger partial charge is 0.334 e. The van der Waals surface area contributed by atoms with Crippen molar-refractivity contribution in [3.05, 3.63) is 69.2 Å². The SMILES string of the molecule is CC(C)n1c(C(=O)Nc2ccc(Br)cc2-c2noc(=O)[nH]2)cc2ccccc21. The average Bonchev–Trinajstić information content (AvgIpc) is 3.26. The number of H-pyrrole nitrogens is 1. The molecule has 0 saturated carbocycles. The second-order valence-corrected chi connectivity index (χ2v) is 7.56. The maximum absolute atomic E-state index is 13.1. The van der Waals surface area contributed by atoms with Gasteiger partial charge >= 0.3 is 5.76 Å². The highest BCUT2D eigenvalue weighted by molar-refractivity contribution is 9.10. The number of benzene rings is 2. The Kier molecular flexibility index (Phi) is 4.64. The Morgan fingerprint density at radius 3 is 2.71 bits per heavy atom. The number of rotatable bonds is 4. The first-order valence-corrected chi connectivity index (χ1v) is 9.50. The number of aromatic amines is 1. The average molecular weight is 441 g/mol. The molecular weight excluding hydrogens is 424 g/mol. The number of hydrogen-bond acceptors (Lipinski definition) is 4. The highest BCUT2D eigenvalue weighted by Crippen LogP contribution is 2.30. The van der Waals surface area contributed by atoms with E-state index in [1.807, 2.05) is 48.7 Å². The molecule has 142 valence electrons. The zero-order valence-corrected chi connectivity index (χ0v) is 16.8. The minimum Gasteiger partial charge on any atom is -0.334 e. The molecule has 2 aromatic carbocycles. The van der Waals surface area contributed by atoms with Crippen LogP contribution in [0.4, 0.5) is 5.69 Å². The summed E-state index contributed by atoms with van der Waals surface area (Å²) in [6.07, 6.45) is 0. The molecule has 1 amide bonds. The Bertz CT molecular complexity index is 1240. The minimum atomic E-state index is -0.660. The monoisotopic (exact) mass is 440 g/mol. The van der Waals surface area contributed by atoms with Crippen molar-refractivity contribution in [3.8, 4) is 11.4 Å².